The Morgan fingerprint density at radius 3 is 2.67 bits per heavy atom. The van der Waals surface area contributed by atoms with Crippen LogP contribution in [0, 0.1) is 9.49 Å². The molecule has 0 fully saturated rings. The van der Waals surface area contributed by atoms with Crippen LogP contribution in [0.3, 0.4) is 0 Å². The predicted molar refractivity (Wildman–Crippen MR) is 100 cm³/mol. The number of aliphatic hydroxyl groups excluding tert-OH is 1. The largest absolute Gasteiger partial charge is 0.459 e. The van der Waals surface area contributed by atoms with Gasteiger partial charge in [-0.3, -0.25) is 4.79 Å². The molecule has 1 aromatic carbocycles. The molecule has 1 heterocycles. The Labute approximate surface area is 156 Å². The van der Waals surface area contributed by atoms with Crippen LogP contribution in [0.15, 0.2) is 36.1 Å². The predicted octanol–water partition coefficient (Wildman–Crippen LogP) is 2.79. The lowest BCUT2D eigenvalue weighted by Crippen LogP contribution is -2.38. The van der Waals surface area contributed by atoms with Gasteiger partial charge in [0.1, 0.15) is 0 Å². The van der Waals surface area contributed by atoms with Crippen LogP contribution in [0.1, 0.15) is 31.2 Å². The minimum atomic E-state index is -0.497. The van der Waals surface area contributed by atoms with Crippen LogP contribution in [-0.4, -0.2) is 37.6 Å². The van der Waals surface area contributed by atoms with E-state index in [4.69, 9.17) is 9.47 Å². The van der Waals surface area contributed by atoms with Crippen molar-refractivity contribution in [2.45, 2.75) is 32.0 Å². The fourth-order valence-corrected chi connectivity index (χ4v) is 3.31. The highest BCUT2D eigenvalue weighted by atomic mass is 127. The van der Waals surface area contributed by atoms with Crippen LogP contribution in [0.5, 0.6) is 0 Å². The van der Waals surface area contributed by atoms with Crippen molar-refractivity contribution in [2.75, 3.05) is 20.3 Å². The van der Waals surface area contributed by atoms with E-state index >= 15 is 0 Å². The summed E-state index contributed by atoms with van der Waals surface area (Å²) in [5, 5.41) is 11.8. The molecule has 5 nitrogen and oxygen atoms in total. The first-order chi connectivity index (χ1) is 11.6. The van der Waals surface area contributed by atoms with Crippen molar-refractivity contribution < 1.29 is 19.4 Å². The van der Waals surface area contributed by atoms with Gasteiger partial charge >= 0.3 is 0 Å². The number of allylic oxidation sites excluding steroid dienone is 1. The highest BCUT2D eigenvalue weighted by Crippen LogP contribution is 2.39. The van der Waals surface area contributed by atoms with Gasteiger partial charge in [0.2, 0.25) is 6.29 Å². The van der Waals surface area contributed by atoms with Crippen molar-refractivity contribution in [3.8, 4) is 0 Å². The molecule has 0 saturated heterocycles. The standard InChI is InChI=1S/C18H24INO4/c1-3-23-18-14(5-4-10-21)15(11-16(24-18)17(22)20-2)12-6-8-13(19)9-7-12/h6-9,11,14-15,18,21H,3-5,10H2,1-2H3,(H,20,22)/t14-,15+,18+/m0/s1. The number of carbonyl (C=O) groups excluding carboxylic acids is 1. The molecule has 24 heavy (non-hydrogen) atoms. The van der Waals surface area contributed by atoms with Crippen molar-refractivity contribution in [3.63, 3.8) is 0 Å². The first-order valence-electron chi connectivity index (χ1n) is 8.19. The van der Waals surface area contributed by atoms with Gasteiger partial charge in [-0.2, -0.15) is 0 Å². The molecule has 3 atom stereocenters. The molecular formula is C18H24INO4. The Bertz CT molecular complexity index is 573. The number of aliphatic hydroxyl groups is 1. The molecule has 2 N–H and O–H groups in total. The van der Waals surface area contributed by atoms with Crippen LogP contribution in [0.4, 0.5) is 0 Å². The number of likely N-dealkylation sites (N-methyl/N-ethyl adjacent to an activating group) is 1. The summed E-state index contributed by atoms with van der Waals surface area (Å²) in [5.41, 5.74) is 1.12. The van der Waals surface area contributed by atoms with Gasteiger partial charge in [-0.15, -0.1) is 0 Å². The maximum absolute atomic E-state index is 12.1. The van der Waals surface area contributed by atoms with Gasteiger partial charge in [-0.1, -0.05) is 12.1 Å². The zero-order valence-corrected chi connectivity index (χ0v) is 16.2. The second kappa shape index (κ2) is 9.39. The number of halogens is 1. The smallest absolute Gasteiger partial charge is 0.285 e. The Balaban J connectivity index is 2.39. The number of nitrogens with one attached hydrogen (secondary N) is 1. The van der Waals surface area contributed by atoms with Gasteiger partial charge in [0, 0.05) is 35.7 Å². The lowest BCUT2D eigenvalue weighted by atomic mass is 9.80. The third-order valence-corrected chi connectivity index (χ3v) is 4.84. The van der Waals surface area contributed by atoms with E-state index in [1.807, 2.05) is 13.0 Å². The van der Waals surface area contributed by atoms with E-state index in [-0.39, 0.29) is 24.3 Å². The molecule has 0 radical (unpaired) electrons. The molecule has 0 bridgehead atoms. The summed E-state index contributed by atoms with van der Waals surface area (Å²) in [7, 11) is 1.58. The topological polar surface area (TPSA) is 67.8 Å². The van der Waals surface area contributed by atoms with E-state index in [9.17, 15) is 9.90 Å². The molecule has 1 aromatic rings. The normalized spacial score (nSPS) is 23.3. The fraction of sp³-hybridized carbons (Fsp3) is 0.500. The first-order valence-corrected chi connectivity index (χ1v) is 9.27. The SMILES string of the molecule is CCO[C@@H]1OC(C(=O)NC)=C[C@H](c2ccc(I)cc2)[C@@H]1CCCO. The zero-order chi connectivity index (χ0) is 17.5. The summed E-state index contributed by atoms with van der Waals surface area (Å²) in [6.07, 6.45) is 2.80. The number of hydrogen-bond donors (Lipinski definition) is 2. The third-order valence-electron chi connectivity index (χ3n) is 4.12. The van der Waals surface area contributed by atoms with Crippen molar-refractivity contribution in [1.29, 1.82) is 0 Å². The average molecular weight is 445 g/mol. The van der Waals surface area contributed by atoms with E-state index in [1.165, 1.54) is 0 Å². The van der Waals surface area contributed by atoms with Crippen LogP contribution in [0.2, 0.25) is 0 Å². The number of rotatable bonds is 7. The van der Waals surface area contributed by atoms with E-state index in [0.29, 0.717) is 18.8 Å². The minimum Gasteiger partial charge on any atom is -0.459 e. The summed E-state index contributed by atoms with van der Waals surface area (Å²) < 4.78 is 12.7. The minimum absolute atomic E-state index is 0.00569. The average Bonchev–Trinajstić information content (AvgIpc) is 2.60. The van der Waals surface area contributed by atoms with E-state index in [0.717, 1.165) is 15.6 Å². The van der Waals surface area contributed by atoms with E-state index in [1.54, 1.807) is 7.05 Å². The van der Waals surface area contributed by atoms with Gasteiger partial charge in [0.05, 0.1) is 0 Å². The fourth-order valence-electron chi connectivity index (χ4n) is 2.95. The number of hydrogen-bond acceptors (Lipinski definition) is 4. The molecular weight excluding hydrogens is 421 g/mol. The monoisotopic (exact) mass is 445 g/mol. The number of carbonyl (C=O) groups is 1. The van der Waals surface area contributed by atoms with Crippen molar-refractivity contribution in [3.05, 3.63) is 45.2 Å². The molecule has 0 aromatic heterocycles. The van der Waals surface area contributed by atoms with Crippen molar-refractivity contribution in [2.24, 2.45) is 5.92 Å². The summed E-state index contributed by atoms with van der Waals surface area (Å²) in [6, 6.07) is 8.25. The number of benzene rings is 1. The second-order valence-corrected chi connectivity index (χ2v) is 6.90. The van der Waals surface area contributed by atoms with Crippen LogP contribution in [-0.2, 0) is 14.3 Å². The van der Waals surface area contributed by atoms with Crippen molar-refractivity contribution in [1.82, 2.24) is 5.32 Å². The Morgan fingerprint density at radius 1 is 1.38 bits per heavy atom. The van der Waals surface area contributed by atoms with Gasteiger partial charge < -0.3 is 19.9 Å². The summed E-state index contributed by atoms with van der Waals surface area (Å²) in [5.74, 6) is 0.0901. The summed E-state index contributed by atoms with van der Waals surface area (Å²) >= 11 is 2.27. The van der Waals surface area contributed by atoms with E-state index in [2.05, 4.69) is 52.2 Å². The first kappa shape index (κ1) is 19.2. The van der Waals surface area contributed by atoms with Gasteiger partial charge in [-0.25, -0.2) is 0 Å². The molecule has 0 aliphatic carbocycles. The van der Waals surface area contributed by atoms with Crippen molar-refractivity contribution >= 4 is 28.5 Å². The molecule has 0 saturated carbocycles. The molecule has 0 spiro atoms. The highest BCUT2D eigenvalue weighted by Gasteiger charge is 2.37. The maximum Gasteiger partial charge on any atom is 0.285 e. The molecule has 132 valence electrons. The van der Waals surface area contributed by atoms with Gasteiger partial charge in [0.25, 0.3) is 5.91 Å². The molecule has 1 amide bonds. The quantitative estimate of drug-likeness (QED) is 0.634. The maximum atomic E-state index is 12.1. The molecule has 1 aliphatic rings. The number of amides is 1. The zero-order valence-electron chi connectivity index (χ0n) is 14.0. The van der Waals surface area contributed by atoms with Gasteiger partial charge in [0.15, 0.2) is 5.76 Å². The number of ether oxygens (including phenoxy) is 2. The van der Waals surface area contributed by atoms with Crippen LogP contribution < -0.4 is 5.32 Å². The summed E-state index contributed by atoms with van der Waals surface area (Å²) in [6.45, 7) is 2.53. The Kier molecular flexibility index (Phi) is 7.51. The molecule has 6 heteroatoms. The second-order valence-electron chi connectivity index (χ2n) is 5.66. The van der Waals surface area contributed by atoms with Gasteiger partial charge in [-0.05, 0) is 66.1 Å². The van der Waals surface area contributed by atoms with Crippen LogP contribution >= 0.6 is 22.6 Å². The summed E-state index contributed by atoms with van der Waals surface area (Å²) in [4.78, 5) is 12.1. The molecule has 1 aliphatic heterocycles. The molecule has 2 rings (SSSR count). The Morgan fingerprint density at radius 2 is 2.08 bits per heavy atom. The molecule has 0 unspecified atom stereocenters. The van der Waals surface area contributed by atoms with Crippen LogP contribution in [0.25, 0.3) is 0 Å². The Hall–Kier alpha value is -1.12. The third kappa shape index (κ3) is 4.70. The highest BCUT2D eigenvalue weighted by molar-refractivity contribution is 14.1. The lowest BCUT2D eigenvalue weighted by molar-refractivity contribution is -0.166. The van der Waals surface area contributed by atoms with E-state index < -0.39 is 6.29 Å². The lowest BCUT2D eigenvalue weighted by Gasteiger charge is -2.37.